The maximum absolute atomic E-state index is 12.7. The third kappa shape index (κ3) is 4.66. The molecule has 1 aromatic heterocycles. The number of hydrogen-bond donors (Lipinski definition) is 2. The molecule has 2 N–H and O–H groups in total. The lowest BCUT2D eigenvalue weighted by Crippen LogP contribution is -2.47. The second-order valence-electron chi connectivity index (χ2n) is 9.61. The number of amides is 1. The Hall–Kier alpha value is -2.83. The second-order valence-corrected chi connectivity index (χ2v) is 9.61. The Balaban J connectivity index is 1.21. The molecule has 6 heteroatoms. The van der Waals surface area contributed by atoms with Gasteiger partial charge < -0.3 is 24.7 Å². The molecule has 5 rings (SSSR count). The number of fused-ring (bicyclic) bond motifs is 1. The summed E-state index contributed by atoms with van der Waals surface area (Å²) < 4.78 is 13.3. The zero-order chi connectivity index (χ0) is 22.1. The molecule has 168 valence electrons. The van der Waals surface area contributed by atoms with Crippen LogP contribution in [0, 0.1) is 11.3 Å². The van der Waals surface area contributed by atoms with Crippen LogP contribution in [-0.4, -0.2) is 36.8 Å². The Kier molecular flexibility index (Phi) is 5.66. The van der Waals surface area contributed by atoms with Crippen LogP contribution >= 0.6 is 0 Å². The van der Waals surface area contributed by atoms with Crippen molar-refractivity contribution in [3.05, 3.63) is 59.8 Å². The number of nitrogens with one attached hydrogen (secondary N) is 2. The van der Waals surface area contributed by atoms with Gasteiger partial charge in [0.05, 0.1) is 19.8 Å². The molecule has 0 atom stereocenters. The van der Waals surface area contributed by atoms with Crippen LogP contribution in [0.4, 0.5) is 5.69 Å². The Labute approximate surface area is 188 Å². The third-order valence-electron chi connectivity index (χ3n) is 6.46. The summed E-state index contributed by atoms with van der Waals surface area (Å²) in [6.07, 6.45) is 2.53. The lowest BCUT2D eigenvalue weighted by atomic mass is 9.89. The molecule has 2 fully saturated rings. The highest BCUT2D eigenvalue weighted by Gasteiger charge is 2.32. The van der Waals surface area contributed by atoms with Gasteiger partial charge in [0, 0.05) is 53.4 Å². The van der Waals surface area contributed by atoms with Gasteiger partial charge in [0.2, 0.25) is 0 Å². The molecule has 2 heterocycles. The molecule has 0 spiro atoms. The largest absolute Gasteiger partial charge is 0.493 e. The van der Waals surface area contributed by atoms with Crippen LogP contribution in [0.5, 0.6) is 5.75 Å². The van der Waals surface area contributed by atoms with E-state index in [0.717, 1.165) is 55.2 Å². The fraction of sp³-hybridized carbons (Fsp3) is 0.423. The summed E-state index contributed by atoms with van der Waals surface area (Å²) >= 11 is 0. The first-order valence-corrected chi connectivity index (χ1v) is 11.4. The predicted octanol–water partition coefficient (Wildman–Crippen LogP) is 4.35. The summed E-state index contributed by atoms with van der Waals surface area (Å²) in [6, 6.07) is 15.6. The van der Waals surface area contributed by atoms with Gasteiger partial charge in [0.15, 0.2) is 0 Å². The summed E-state index contributed by atoms with van der Waals surface area (Å²) in [5.74, 6) is 1.41. The van der Waals surface area contributed by atoms with Crippen LogP contribution in [0.1, 0.15) is 35.8 Å². The minimum Gasteiger partial charge on any atom is -0.493 e. The molecule has 1 saturated heterocycles. The van der Waals surface area contributed by atoms with Crippen molar-refractivity contribution in [3.63, 3.8) is 0 Å². The van der Waals surface area contributed by atoms with Gasteiger partial charge in [-0.2, -0.15) is 0 Å². The van der Waals surface area contributed by atoms with E-state index in [-0.39, 0.29) is 11.3 Å². The van der Waals surface area contributed by atoms with Crippen LogP contribution in [-0.2, 0) is 18.3 Å². The fourth-order valence-electron chi connectivity index (χ4n) is 4.10. The van der Waals surface area contributed by atoms with E-state index in [1.54, 1.807) is 0 Å². The van der Waals surface area contributed by atoms with E-state index in [2.05, 4.69) is 41.3 Å². The summed E-state index contributed by atoms with van der Waals surface area (Å²) in [5.41, 5.74) is 4.03. The van der Waals surface area contributed by atoms with Crippen molar-refractivity contribution in [1.82, 2.24) is 9.88 Å². The van der Waals surface area contributed by atoms with Gasteiger partial charge in [-0.1, -0.05) is 6.92 Å². The van der Waals surface area contributed by atoms with Gasteiger partial charge in [-0.05, 0) is 67.3 Å². The molecule has 3 aromatic rings. The van der Waals surface area contributed by atoms with E-state index in [4.69, 9.17) is 9.47 Å². The van der Waals surface area contributed by atoms with Gasteiger partial charge in [-0.25, -0.2) is 0 Å². The number of aryl methyl sites for hydroxylation is 1. The number of benzene rings is 2. The molecule has 1 aliphatic heterocycles. The first-order chi connectivity index (χ1) is 15.5. The monoisotopic (exact) mass is 433 g/mol. The van der Waals surface area contributed by atoms with Crippen molar-refractivity contribution in [3.8, 4) is 5.75 Å². The normalized spacial score (nSPS) is 17.2. The summed E-state index contributed by atoms with van der Waals surface area (Å²) in [7, 11) is 2.08. The molecule has 0 unspecified atom stereocenters. The van der Waals surface area contributed by atoms with Crippen LogP contribution in [0.15, 0.2) is 48.5 Å². The van der Waals surface area contributed by atoms with Crippen molar-refractivity contribution >= 4 is 22.5 Å². The van der Waals surface area contributed by atoms with Crippen LogP contribution < -0.4 is 15.4 Å². The lowest BCUT2D eigenvalue weighted by molar-refractivity contribution is -0.0991. The highest BCUT2D eigenvalue weighted by Crippen LogP contribution is 2.30. The first kappa shape index (κ1) is 21.0. The van der Waals surface area contributed by atoms with Crippen LogP contribution in [0.25, 0.3) is 10.9 Å². The first-order valence-electron chi connectivity index (χ1n) is 11.4. The number of aromatic nitrogens is 1. The Bertz CT molecular complexity index is 1110. The van der Waals surface area contributed by atoms with Gasteiger partial charge >= 0.3 is 0 Å². The number of carbonyl (C=O) groups excluding carboxylic acids is 1. The lowest BCUT2D eigenvalue weighted by Gasteiger charge is -2.38. The van der Waals surface area contributed by atoms with Crippen molar-refractivity contribution in [2.45, 2.75) is 26.3 Å². The van der Waals surface area contributed by atoms with Gasteiger partial charge in [0.1, 0.15) is 5.75 Å². The average Bonchev–Trinajstić information content (AvgIpc) is 3.55. The molecule has 6 nitrogen and oxygen atoms in total. The third-order valence-corrected chi connectivity index (χ3v) is 6.46. The maximum atomic E-state index is 12.7. The van der Waals surface area contributed by atoms with E-state index < -0.39 is 0 Å². The highest BCUT2D eigenvalue weighted by molar-refractivity contribution is 6.05. The molecule has 32 heavy (non-hydrogen) atoms. The van der Waals surface area contributed by atoms with Crippen molar-refractivity contribution in [2.75, 3.05) is 31.7 Å². The van der Waals surface area contributed by atoms with E-state index in [0.29, 0.717) is 11.5 Å². The standard InChI is InChI=1S/C26H31N3O3/c1-26(16-31-17-26)15-27-13-22-12-20-11-21(7-10-24(20)29(22)2)28-25(30)19-5-8-23(9-6-19)32-14-18-3-4-18/h5-12,18,27H,3-4,13-17H2,1-2H3,(H,28,30). The summed E-state index contributed by atoms with van der Waals surface area (Å²) in [6.45, 7) is 6.42. The van der Waals surface area contributed by atoms with Crippen molar-refractivity contribution in [1.29, 1.82) is 0 Å². The van der Waals surface area contributed by atoms with Gasteiger partial charge in [-0.3, -0.25) is 4.79 Å². The van der Waals surface area contributed by atoms with Crippen molar-refractivity contribution in [2.24, 2.45) is 18.4 Å². The molecule has 2 aliphatic rings. The zero-order valence-electron chi connectivity index (χ0n) is 18.8. The predicted molar refractivity (Wildman–Crippen MR) is 126 cm³/mol. The van der Waals surface area contributed by atoms with E-state index in [1.807, 2.05) is 36.4 Å². The topological polar surface area (TPSA) is 64.5 Å². The number of carbonyl (C=O) groups is 1. The van der Waals surface area contributed by atoms with Gasteiger partial charge in [-0.15, -0.1) is 0 Å². The van der Waals surface area contributed by atoms with Crippen molar-refractivity contribution < 1.29 is 14.3 Å². The molecule has 1 aliphatic carbocycles. The number of ether oxygens (including phenoxy) is 2. The average molecular weight is 434 g/mol. The quantitative estimate of drug-likeness (QED) is 0.527. The Morgan fingerprint density at radius 2 is 1.94 bits per heavy atom. The van der Waals surface area contributed by atoms with E-state index >= 15 is 0 Å². The Morgan fingerprint density at radius 3 is 2.62 bits per heavy atom. The highest BCUT2D eigenvalue weighted by atomic mass is 16.5. The molecule has 2 aromatic carbocycles. The van der Waals surface area contributed by atoms with E-state index in [9.17, 15) is 4.79 Å². The molecular weight excluding hydrogens is 402 g/mol. The SMILES string of the molecule is Cn1c(CNCC2(C)COC2)cc2cc(NC(=O)c3ccc(OCC4CC4)cc3)ccc21. The maximum Gasteiger partial charge on any atom is 0.255 e. The minimum absolute atomic E-state index is 0.119. The number of rotatable bonds is 9. The van der Waals surface area contributed by atoms with E-state index in [1.165, 1.54) is 18.5 Å². The molecule has 1 amide bonds. The summed E-state index contributed by atoms with van der Waals surface area (Å²) in [5, 5.41) is 7.69. The Morgan fingerprint density at radius 1 is 1.16 bits per heavy atom. The second kappa shape index (κ2) is 8.60. The molecule has 0 radical (unpaired) electrons. The zero-order valence-corrected chi connectivity index (χ0v) is 18.8. The number of anilines is 1. The smallest absolute Gasteiger partial charge is 0.255 e. The van der Waals surface area contributed by atoms with Crippen LogP contribution in [0.3, 0.4) is 0 Å². The molecular formula is C26H31N3O3. The molecule has 0 bridgehead atoms. The van der Waals surface area contributed by atoms with Gasteiger partial charge in [0.25, 0.3) is 5.91 Å². The van der Waals surface area contributed by atoms with Crippen LogP contribution in [0.2, 0.25) is 0 Å². The summed E-state index contributed by atoms with van der Waals surface area (Å²) in [4.78, 5) is 12.7. The minimum atomic E-state index is -0.119. The molecule has 1 saturated carbocycles. The number of nitrogens with zero attached hydrogens (tertiary/aromatic N) is 1. The fourth-order valence-corrected chi connectivity index (χ4v) is 4.10. The number of hydrogen-bond acceptors (Lipinski definition) is 4.